The molecule has 3 heterocycles. The Bertz CT molecular complexity index is 1160. The fraction of sp³-hybridized carbons (Fsp3) is 0.261. The topological polar surface area (TPSA) is 58.8 Å². The van der Waals surface area contributed by atoms with E-state index >= 15 is 0 Å². The lowest BCUT2D eigenvalue weighted by Gasteiger charge is -2.35. The standard InChI is InChI=1S/C23H24N6OS/c1-30-20-10-7-18(8-11-20)9-12-22-26-29-21(24-25-23(29)31-22)17-27-13-15-28(16-14-27)19-5-3-2-4-6-19/h2-12H,13-17H2,1H3/b12-9+. The molecule has 1 aliphatic heterocycles. The van der Waals surface area contributed by atoms with Crippen LogP contribution in [0.2, 0.25) is 0 Å². The van der Waals surface area contributed by atoms with Crippen LogP contribution >= 0.6 is 11.3 Å². The maximum absolute atomic E-state index is 5.21. The summed E-state index contributed by atoms with van der Waals surface area (Å²) < 4.78 is 7.08. The molecule has 7 nitrogen and oxygen atoms in total. The van der Waals surface area contributed by atoms with Gasteiger partial charge in [0, 0.05) is 31.9 Å². The number of hydrogen-bond donors (Lipinski definition) is 0. The van der Waals surface area contributed by atoms with Gasteiger partial charge in [0.25, 0.3) is 0 Å². The summed E-state index contributed by atoms with van der Waals surface area (Å²) in [6, 6.07) is 18.6. The van der Waals surface area contributed by atoms with Crippen LogP contribution in [-0.2, 0) is 6.54 Å². The summed E-state index contributed by atoms with van der Waals surface area (Å²) in [5.41, 5.74) is 2.39. The second kappa shape index (κ2) is 8.87. The lowest BCUT2D eigenvalue weighted by Crippen LogP contribution is -2.46. The first-order valence-electron chi connectivity index (χ1n) is 10.3. The fourth-order valence-electron chi connectivity index (χ4n) is 3.72. The number of hydrogen-bond acceptors (Lipinski definition) is 7. The van der Waals surface area contributed by atoms with Crippen LogP contribution in [0.15, 0.2) is 54.6 Å². The van der Waals surface area contributed by atoms with Crippen LogP contribution in [-0.4, -0.2) is 58.0 Å². The number of methoxy groups -OCH3 is 1. The third-order valence-electron chi connectivity index (χ3n) is 5.46. The number of aromatic nitrogens is 4. The van der Waals surface area contributed by atoms with Crippen molar-refractivity contribution >= 4 is 34.1 Å². The second-order valence-electron chi connectivity index (χ2n) is 7.46. The summed E-state index contributed by atoms with van der Waals surface area (Å²) in [6.07, 6.45) is 4.07. The SMILES string of the molecule is COc1ccc(/C=C/c2nn3c(CN4CCN(c5ccccc5)CC4)nnc3s2)cc1. The third-order valence-corrected chi connectivity index (χ3v) is 6.33. The van der Waals surface area contributed by atoms with Gasteiger partial charge in [0.1, 0.15) is 10.8 Å². The summed E-state index contributed by atoms with van der Waals surface area (Å²) in [6.45, 7) is 4.78. The molecule has 0 unspecified atom stereocenters. The van der Waals surface area contributed by atoms with Crippen molar-refractivity contribution in [2.24, 2.45) is 0 Å². The number of fused-ring (bicyclic) bond motifs is 1. The Morgan fingerprint density at radius 3 is 2.45 bits per heavy atom. The van der Waals surface area contributed by atoms with Crippen LogP contribution in [0.5, 0.6) is 5.75 Å². The molecule has 1 saturated heterocycles. The van der Waals surface area contributed by atoms with Gasteiger partial charge < -0.3 is 9.64 Å². The van der Waals surface area contributed by atoms with Crippen molar-refractivity contribution in [1.29, 1.82) is 0 Å². The Balaban J connectivity index is 1.23. The van der Waals surface area contributed by atoms with Gasteiger partial charge in [0.05, 0.1) is 13.7 Å². The first-order chi connectivity index (χ1) is 15.3. The Hall–Kier alpha value is -3.23. The van der Waals surface area contributed by atoms with Crippen LogP contribution in [0.4, 0.5) is 5.69 Å². The minimum absolute atomic E-state index is 0.759. The van der Waals surface area contributed by atoms with E-state index < -0.39 is 0 Å². The highest BCUT2D eigenvalue weighted by molar-refractivity contribution is 7.17. The largest absolute Gasteiger partial charge is 0.497 e. The number of anilines is 1. The molecular weight excluding hydrogens is 408 g/mol. The summed E-state index contributed by atoms with van der Waals surface area (Å²) in [5.74, 6) is 1.74. The molecule has 0 spiro atoms. The quantitative estimate of drug-likeness (QED) is 0.463. The van der Waals surface area contributed by atoms with Crippen LogP contribution in [0.1, 0.15) is 16.4 Å². The highest BCUT2D eigenvalue weighted by atomic mass is 32.1. The molecule has 0 radical (unpaired) electrons. The van der Waals surface area contributed by atoms with E-state index in [0.29, 0.717) is 0 Å². The van der Waals surface area contributed by atoms with E-state index in [1.54, 1.807) is 18.4 Å². The van der Waals surface area contributed by atoms with E-state index in [-0.39, 0.29) is 0 Å². The molecule has 5 rings (SSSR count). The van der Waals surface area contributed by atoms with Crippen LogP contribution in [0, 0.1) is 0 Å². The summed E-state index contributed by atoms with van der Waals surface area (Å²) in [5, 5.41) is 14.3. The van der Waals surface area contributed by atoms with Crippen molar-refractivity contribution in [1.82, 2.24) is 24.7 Å². The molecule has 0 bridgehead atoms. The third kappa shape index (κ3) is 4.45. The van der Waals surface area contributed by atoms with Gasteiger partial charge in [0.15, 0.2) is 5.82 Å². The Morgan fingerprint density at radius 2 is 1.71 bits per heavy atom. The zero-order valence-corrected chi connectivity index (χ0v) is 18.2. The number of rotatable bonds is 6. The van der Waals surface area contributed by atoms with Crippen molar-refractivity contribution in [3.05, 3.63) is 71.0 Å². The number of para-hydroxylation sites is 1. The van der Waals surface area contributed by atoms with E-state index in [9.17, 15) is 0 Å². The van der Waals surface area contributed by atoms with Gasteiger partial charge in [-0.15, -0.1) is 10.2 Å². The molecule has 4 aromatic rings. The Kier molecular flexibility index (Phi) is 5.64. The number of benzene rings is 2. The highest BCUT2D eigenvalue weighted by Gasteiger charge is 2.20. The zero-order valence-electron chi connectivity index (χ0n) is 17.4. The highest BCUT2D eigenvalue weighted by Crippen LogP contribution is 2.20. The molecule has 0 atom stereocenters. The van der Waals surface area contributed by atoms with Crippen molar-refractivity contribution in [3.63, 3.8) is 0 Å². The second-order valence-corrected chi connectivity index (χ2v) is 8.44. The average Bonchev–Trinajstić information content (AvgIpc) is 3.40. The summed E-state index contributed by atoms with van der Waals surface area (Å²) >= 11 is 1.54. The molecule has 31 heavy (non-hydrogen) atoms. The minimum atomic E-state index is 0.759. The molecule has 2 aromatic carbocycles. The van der Waals surface area contributed by atoms with E-state index in [2.05, 4.69) is 50.3 Å². The maximum atomic E-state index is 5.21. The first-order valence-corrected chi connectivity index (χ1v) is 11.2. The number of ether oxygens (including phenoxy) is 1. The van der Waals surface area contributed by atoms with Gasteiger partial charge in [0.2, 0.25) is 4.96 Å². The molecule has 158 valence electrons. The van der Waals surface area contributed by atoms with Crippen LogP contribution in [0.3, 0.4) is 0 Å². The van der Waals surface area contributed by atoms with Crippen molar-refractivity contribution < 1.29 is 4.74 Å². The number of nitrogens with zero attached hydrogens (tertiary/aromatic N) is 6. The van der Waals surface area contributed by atoms with E-state index in [1.165, 1.54) is 5.69 Å². The van der Waals surface area contributed by atoms with Gasteiger partial charge in [-0.2, -0.15) is 9.61 Å². The Labute approximate surface area is 185 Å². The fourth-order valence-corrected chi connectivity index (χ4v) is 4.48. The van der Waals surface area contributed by atoms with Crippen molar-refractivity contribution in [2.75, 3.05) is 38.2 Å². The molecule has 0 N–H and O–H groups in total. The predicted molar refractivity (Wildman–Crippen MR) is 125 cm³/mol. The lowest BCUT2D eigenvalue weighted by atomic mass is 10.2. The first kappa shape index (κ1) is 19.7. The van der Waals surface area contributed by atoms with Crippen molar-refractivity contribution in [2.45, 2.75) is 6.54 Å². The predicted octanol–water partition coefficient (Wildman–Crippen LogP) is 3.69. The van der Waals surface area contributed by atoms with E-state index in [1.807, 2.05) is 40.9 Å². The van der Waals surface area contributed by atoms with Crippen LogP contribution < -0.4 is 9.64 Å². The number of piperazine rings is 1. The van der Waals surface area contributed by atoms with Gasteiger partial charge in [-0.25, -0.2) is 0 Å². The minimum Gasteiger partial charge on any atom is -0.497 e. The molecule has 2 aromatic heterocycles. The molecule has 1 aliphatic rings. The summed E-state index contributed by atoms with van der Waals surface area (Å²) in [4.78, 5) is 5.68. The Morgan fingerprint density at radius 1 is 0.935 bits per heavy atom. The average molecular weight is 433 g/mol. The molecule has 0 amide bonds. The molecule has 0 aliphatic carbocycles. The molecule has 8 heteroatoms. The van der Waals surface area contributed by atoms with Gasteiger partial charge >= 0.3 is 0 Å². The van der Waals surface area contributed by atoms with E-state index in [4.69, 9.17) is 9.84 Å². The molecule has 0 saturated carbocycles. The lowest BCUT2D eigenvalue weighted by molar-refractivity contribution is 0.242. The van der Waals surface area contributed by atoms with Gasteiger partial charge in [-0.3, -0.25) is 4.90 Å². The van der Waals surface area contributed by atoms with Gasteiger partial charge in [-0.05, 0) is 35.9 Å². The molecule has 1 fully saturated rings. The van der Waals surface area contributed by atoms with Crippen molar-refractivity contribution in [3.8, 4) is 5.75 Å². The monoisotopic (exact) mass is 432 g/mol. The molecular formula is C23H24N6OS. The maximum Gasteiger partial charge on any atom is 0.235 e. The summed E-state index contributed by atoms with van der Waals surface area (Å²) in [7, 11) is 1.67. The zero-order chi connectivity index (χ0) is 21.0. The van der Waals surface area contributed by atoms with E-state index in [0.717, 1.165) is 59.8 Å². The smallest absolute Gasteiger partial charge is 0.235 e. The normalized spacial score (nSPS) is 15.2. The van der Waals surface area contributed by atoms with Gasteiger partial charge in [-0.1, -0.05) is 47.7 Å². The van der Waals surface area contributed by atoms with Crippen LogP contribution in [0.25, 0.3) is 17.1 Å².